The van der Waals surface area contributed by atoms with Crippen molar-refractivity contribution in [1.82, 2.24) is 15.8 Å². The fourth-order valence-electron chi connectivity index (χ4n) is 2.62. The van der Waals surface area contributed by atoms with Gasteiger partial charge in [-0.1, -0.05) is 24.4 Å². The molecule has 0 bridgehead atoms. The van der Waals surface area contributed by atoms with Gasteiger partial charge in [0.05, 0.1) is 29.1 Å². The van der Waals surface area contributed by atoms with Gasteiger partial charge in [0.2, 0.25) is 11.8 Å². The first-order chi connectivity index (χ1) is 17.1. The smallest absolute Gasteiger partial charge is 0.250 e. The molecular weight excluding hydrogens is 499 g/mol. The van der Waals surface area contributed by atoms with Gasteiger partial charge in [-0.3, -0.25) is 9.59 Å². The number of nitrogens with one attached hydrogen (secondary N) is 2. The molecule has 7 nitrogen and oxygen atoms in total. The number of nitrogens with zero attached hydrogens (tertiary/aromatic N) is 3. The zero-order valence-corrected chi connectivity index (χ0v) is 21.2. The average Bonchev–Trinajstić information content (AvgIpc) is 2.88. The van der Waals surface area contributed by atoms with Gasteiger partial charge in [-0.2, -0.15) is 10.2 Å². The van der Waals surface area contributed by atoms with Gasteiger partial charge in [0.15, 0.2) is 0 Å². The van der Waals surface area contributed by atoms with E-state index in [-0.39, 0.29) is 23.3 Å². The zero-order valence-electron chi connectivity index (χ0n) is 18.7. The van der Waals surface area contributed by atoms with Crippen molar-refractivity contribution in [2.24, 2.45) is 10.2 Å². The molecule has 0 fully saturated rings. The third-order valence-corrected chi connectivity index (χ3v) is 7.25. The molecule has 0 atom stereocenters. The van der Waals surface area contributed by atoms with Gasteiger partial charge >= 0.3 is 0 Å². The van der Waals surface area contributed by atoms with Gasteiger partial charge in [0.25, 0.3) is 0 Å². The molecule has 2 N–H and O–H groups in total. The second kappa shape index (κ2) is 14.1. The lowest BCUT2D eigenvalue weighted by atomic mass is 10.3. The molecule has 3 aromatic rings. The van der Waals surface area contributed by atoms with Crippen LogP contribution in [-0.2, 0) is 9.59 Å². The van der Waals surface area contributed by atoms with Crippen molar-refractivity contribution < 1.29 is 9.59 Å². The van der Waals surface area contributed by atoms with Crippen LogP contribution in [0.4, 0.5) is 0 Å². The van der Waals surface area contributed by atoms with Crippen molar-refractivity contribution in [2.75, 3.05) is 11.5 Å². The lowest BCUT2D eigenvalue weighted by Gasteiger charge is -2.06. The minimum atomic E-state index is -0.194. The highest BCUT2D eigenvalue weighted by molar-refractivity contribution is 8.00. The molecule has 0 saturated carbocycles. The Morgan fingerprint density at radius 2 is 1.31 bits per heavy atom. The molecule has 2 aromatic carbocycles. The highest BCUT2D eigenvalue weighted by atomic mass is 32.2. The molecule has 0 aliphatic rings. The zero-order chi connectivity index (χ0) is 24.9. The second-order valence-electron chi connectivity index (χ2n) is 6.80. The number of amides is 2. The Morgan fingerprint density at radius 1 is 0.800 bits per heavy atom. The number of aromatic nitrogens is 1. The number of hydrazone groups is 2. The Morgan fingerprint density at radius 3 is 1.86 bits per heavy atom. The number of carbonyl (C=O) groups excluding carboxylic acids is 2. The van der Waals surface area contributed by atoms with E-state index in [1.54, 1.807) is 23.9 Å². The normalized spacial score (nSPS) is 10.6. The number of thioether (sulfide) groups is 2. The Labute approximate surface area is 217 Å². The summed E-state index contributed by atoms with van der Waals surface area (Å²) in [4.78, 5) is 32.0. The van der Waals surface area contributed by atoms with E-state index in [0.29, 0.717) is 5.69 Å². The lowest BCUT2D eigenvalue weighted by molar-refractivity contribution is -0.119. The van der Waals surface area contributed by atoms with E-state index in [2.05, 4.69) is 39.3 Å². The van der Waals surface area contributed by atoms with Gasteiger partial charge in [0, 0.05) is 26.3 Å². The highest BCUT2D eigenvalue weighted by Gasteiger charge is 2.05. The number of carbonyl (C=O) groups is 2. The van der Waals surface area contributed by atoms with Gasteiger partial charge in [0.1, 0.15) is 0 Å². The minimum Gasteiger partial charge on any atom is -0.272 e. The van der Waals surface area contributed by atoms with Crippen molar-refractivity contribution in [3.63, 3.8) is 0 Å². The van der Waals surface area contributed by atoms with E-state index in [1.165, 1.54) is 29.7 Å². The first kappa shape index (κ1) is 26.3. The van der Waals surface area contributed by atoms with Crippen molar-refractivity contribution in [3.05, 3.63) is 84.7 Å². The first-order valence-electron chi connectivity index (χ1n) is 10.4. The third kappa shape index (κ3) is 9.44. The first-order valence-corrected chi connectivity index (χ1v) is 13.1. The molecule has 1 aromatic heterocycles. The molecule has 1 heterocycles. The summed E-state index contributed by atoms with van der Waals surface area (Å²) >= 11 is 4.52. The minimum absolute atomic E-state index is 0.182. The largest absolute Gasteiger partial charge is 0.272 e. The summed E-state index contributed by atoms with van der Waals surface area (Å²) in [5, 5.41) is 7.32. The molecule has 35 heavy (non-hydrogen) atoms. The van der Waals surface area contributed by atoms with Crippen molar-refractivity contribution in [1.29, 1.82) is 0 Å². The molecule has 178 valence electrons. The van der Waals surface area contributed by atoms with Crippen LogP contribution in [0.15, 0.2) is 103 Å². The Bertz CT molecular complexity index is 1200. The fraction of sp³-hybridized carbons (Fsp3) is 0.0800. The number of pyridine rings is 1. The number of hydrogen-bond donors (Lipinski definition) is 2. The Hall–Kier alpha value is -3.34. The molecule has 0 saturated heterocycles. The van der Waals surface area contributed by atoms with Crippen LogP contribution in [0.5, 0.6) is 0 Å². The van der Waals surface area contributed by atoms with Crippen LogP contribution in [0.2, 0.25) is 0 Å². The van der Waals surface area contributed by atoms with E-state index >= 15 is 0 Å². The van der Waals surface area contributed by atoms with E-state index in [9.17, 15) is 9.59 Å². The molecule has 2 amide bonds. The van der Waals surface area contributed by atoms with Gasteiger partial charge in [-0.15, -0.1) is 23.5 Å². The molecule has 0 aliphatic heterocycles. The van der Waals surface area contributed by atoms with E-state index in [4.69, 9.17) is 0 Å². The second-order valence-corrected chi connectivity index (χ2v) is 10.0. The Balaban J connectivity index is 1.42. The summed E-state index contributed by atoms with van der Waals surface area (Å²) < 4.78 is 0. The maximum absolute atomic E-state index is 12.1. The van der Waals surface area contributed by atoms with Crippen LogP contribution in [0, 0.1) is 0 Å². The predicted octanol–water partition coefficient (Wildman–Crippen LogP) is 4.94. The monoisotopic (exact) mass is 521 g/mol. The maximum atomic E-state index is 12.1. The van der Waals surface area contributed by atoms with Crippen molar-refractivity contribution in [3.8, 4) is 0 Å². The van der Waals surface area contributed by atoms with E-state index < -0.39 is 0 Å². The molecular formula is C25H23N5O2S3. The highest BCUT2D eigenvalue weighted by Crippen LogP contribution is 2.31. The predicted molar refractivity (Wildman–Crippen MR) is 146 cm³/mol. The standard InChI is InChI=1S/C25H23N5O2S3/c1-3-18-5-4-6-19(28-18)15-27-30-25(32)17-34-21-9-13-23(14-10-21)35-22-11-7-20(8-12-22)33-16-24(31)29-26-2/h3-15H,1-2,16-17H2,(H,29,31)(H,30,32)/b27-15+. The SMILES string of the molecule is C=Cc1cccc(/C=N/NC(=O)CSc2ccc(Sc3ccc(SCC(=O)NN=C)cc3)cc2)n1. The van der Waals surface area contributed by atoms with Crippen LogP contribution in [-0.4, -0.2) is 41.2 Å². The van der Waals surface area contributed by atoms with Crippen molar-refractivity contribution >= 4 is 66.1 Å². The summed E-state index contributed by atoms with van der Waals surface area (Å²) in [7, 11) is 0. The van der Waals surface area contributed by atoms with Crippen LogP contribution in [0.25, 0.3) is 6.08 Å². The summed E-state index contributed by atoms with van der Waals surface area (Å²) in [5.74, 6) is 0.166. The lowest BCUT2D eigenvalue weighted by Crippen LogP contribution is -2.19. The molecule has 0 aliphatic carbocycles. The third-order valence-electron chi connectivity index (χ3n) is 4.21. The summed E-state index contributed by atoms with van der Waals surface area (Å²) in [6.45, 7) is 6.92. The van der Waals surface area contributed by atoms with E-state index in [1.807, 2.05) is 60.7 Å². The van der Waals surface area contributed by atoms with E-state index in [0.717, 1.165) is 25.3 Å². The van der Waals surface area contributed by atoms with Crippen LogP contribution in [0.3, 0.4) is 0 Å². The fourth-order valence-corrected chi connectivity index (χ4v) is 4.82. The number of benzene rings is 2. The van der Waals surface area contributed by atoms with Gasteiger partial charge < -0.3 is 0 Å². The quantitative estimate of drug-likeness (QED) is 0.199. The summed E-state index contributed by atoms with van der Waals surface area (Å²) in [6.07, 6.45) is 3.16. The maximum Gasteiger partial charge on any atom is 0.250 e. The van der Waals surface area contributed by atoms with Crippen molar-refractivity contribution in [2.45, 2.75) is 19.6 Å². The molecule has 3 rings (SSSR count). The van der Waals surface area contributed by atoms with Crippen LogP contribution < -0.4 is 10.9 Å². The van der Waals surface area contributed by atoms with Gasteiger partial charge in [-0.25, -0.2) is 15.8 Å². The molecule has 0 radical (unpaired) electrons. The molecule has 0 unspecified atom stereocenters. The number of hydrogen-bond acceptors (Lipinski definition) is 8. The molecule has 0 spiro atoms. The molecule has 10 heteroatoms. The average molecular weight is 522 g/mol. The topological polar surface area (TPSA) is 95.8 Å². The van der Waals surface area contributed by atoms with Crippen LogP contribution >= 0.6 is 35.3 Å². The number of rotatable bonds is 12. The van der Waals surface area contributed by atoms with Crippen LogP contribution in [0.1, 0.15) is 11.4 Å². The van der Waals surface area contributed by atoms with Gasteiger partial charge in [-0.05, 0) is 66.7 Å². The summed E-state index contributed by atoms with van der Waals surface area (Å²) in [5.41, 5.74) is 6.22. The summed E-state index contributed by atoms with van der Waals surface area (Å²) in [6, 6.07) is 21.5. The Kier molecular flexibility index (Phi) is 10.6.